The third kappa shape index (κ3) is 4.31. The molecule has 0 N–H and O–H groups in total. The molecule has 1 unspecified atom stereocenters. The third-order valence-electron chi connectivity index (χ3n) is 5.96. The Balaban J connectivity index is 1.51. The van der Waals surface area contributed by atoms with Crippen LogP contribution in [0.2, 0.25) is 0 Å². The van der Waals surface area contributed by atoms with Crippen molar-refractivity contribution in [3.8, 4) is 0 Å². The number of Topliss-reactive ketones (excluding diaryl/α,β-unsaturated/α-hetero) is 1. The quantitative estimate of drug-likeness (QED) is 0.198. The van der Waals surface area contributed by atoms with Crippen molar-refractivity contribution < 1.29 is 9.59 Å². The van der Waals surface area contributed by atoms with Gasteiger partial charge in [-0.3, -0.25) is 14.5 Å². The molecule has 0 radical (unpaired) electrons. The zero-order valence-electron chi connectivity index (χ0n) is 19.8. The third-order valence-corrected chi connectivity index (χ3v) is 9.54. The molecule has 182 valence electrons. The topological polar surface area (TPSA) is 53.0 Å². The van der Waals surface area contributed by atoms with Gasteiger partial charge in [-0.05, 0) is 66.0 Å². The average molecular weight is 540 g/mol. The van der Waals surface area contributed by atoms with E-state index in [0.29, 0.717) is 14.8 Å². The monoisotopic (exact) mass is 539 g/mol. The summed E-state index contributed by atoms with van der Waals surface area (Å²) in [5.74, 6) is -0.278. The van der Waals surface area contributed by atoms with Crippen molar-refractivity contribution in [3.05, 3.63) is 123 Å². The standard InChI is InChI=1S/C29H21N3O2S3/c1-20-14-16-21(17-15-20)19-25-28(34)31(22-9-4-2-5-10-22)29(36-25)32(23-11-6-3-7-12-23)30-27(37-29)26(33)24-13-8-18-35-24/h2-19H,1H3. The van der Waals surface area contributed by atoms with E-state index in [9.17, 15) is 9.59 Å². The molecule has 1 saturated heterocycles. The summed E-state index contributed by atoms with van der Waals surface area (Å²) < 4.78 is -1.04. The van der Waals surface area contributed by atoms with Crippen molar-refractivity contribution in [2.24, 2.45) is 5.10 Å². The van der Waals surface area contributed by atoms with Crippen molar-refractivity contribution in [1.29, 1.82) is 0 Å². The molecule has 3 aromatic carbocycles. The highest BCUT2D eigenvalue weighted by molar-refractivity contribution is 8.29. The van der Waals surface area contributed by atoms with Gasteiger partial charge in [0.1, 0.15) is 0 Å². The number of hydrogen-bond donors (Lipinski definition) is 0. The van der Waals surface area contributed by atoms with Gasteiger partial charge in [0.05, 0.1) is 15.5 Å². The number of thiophene rings is 1. The number of hydrazone groups is 1. The predicted molar refractivity (Wildman–Crippen MR) is 156 cm³/mol. The molecular weight excluding hydrogens is 519 g/mol. The molecule has 3 heterocycles. The summed E-state index contributed by atoms with van der Waals surface area (Å²) in [5, 5.41) is 8.88. The van der Waals surface area contributed by atoms with E-state index < -0.39 is 4.33 Å². The number of anilines is 2. The Kier molecular flexibility index (Phi) is 6.24. The minimum Gasteiger partial charge on any atom is -0.285 e. The smallest absolute Gasteiger partial charge is 0.268 e. The number of amides is 1. The van der Waals surface area contributed by atoms with E-state index in [1.807, 2.05) is 114 Å². The molecule has 1 atom stereocenters. The zero-order valence-corrected chi connectivity index (χ0v) is 22.2. The van der Waals surface area contributed by atoms with E-state index in [4.69, 9.17) is 5.10 Å². The fourth-order valence-electron chi connectivity index (χ4n) is 4.18. The number of carbonyl (C=O) groups excluding carboxylic acids is 2. The molecule has 2 aliphatic rings. The van der Waals surface area contributed by atoms with E-state index in [1.165, 1.54) is 34.9 Å². The number of ketones is 1. The van der Waals surface area contributed by atoms with Crippen LogP contribution in [0.4, 0.5) is 11.4 Å². The van der Waals surface area contributed by atoms with E-state index in [1.54, 1.807) is 11.0 Å². The summed E-state index contributed by atoms with van der Waals surface area (Å²) in [6.45, 7) is 2.04. The lowest BCUT2D eigenvalue weighted by Gasteiger charge is -2.38. The van der Waals surface area contributed by atoms with Gasteiger partial charge in [0.2, 0.25) is 10.1 Å². The van der Waals surface area contributed by atoms with Crippen LogP contribution in [0.15, 0.2) is 112 Å². The highest BCUT2D eigenvalue weighted by atomic mass is 32.2. The number of benzene rings is 3. The Hall–Kier alpha value is -3.59. The molecule has 4 aromatic rings. The van der Waals surface area contributed by atoms with E-state index in [2.05, 4.69) is 0 Å². The molecule has 1 spiro atoms. The Morgan fingerprint density at radius 2 is 1.51 bits per heavy atom. The fraction of sp³-hybridized carbons (Fsp3) is 0.0690. The molecule has 0 aliphatic carbocycles. The second kappa shape index (κ2) is 9.70. The maximum Gasteiger partial charge on any atom is 0.268 e. The average Bonchev–Trinajstić information content (AvgIpc) is 3.65. The summed E-state index contributed by atoms with van der Waals surface area (Å²) in [5.41, 5.74) is 3.63. The summed E-state index contributed by atoms with van der Waals surface area (Å²) >= 11 is 4.11. The molecule has 0 saturated carbocycles. The SMILES string of the molecule is Cc1ccc(C=C2SC3(SC(C(=O)c4cccs4)=NN3c3ccccc3)N(c3ccccc3)C2=O)cc1. The van der Waals surface area contributed by atoms with Gasteiger partial charge in [-0.15, -0.1) is 11.3 Å². The molecular formula is C29H21N3O2S3. The fourth-order valence-corrected chi connectivity index (χ4v) is 7.84. The van der Waals surface area contributed by atoms with Gasteiger partial charge in [0.25, 0.3) is 5.91 Å². The van der Waals surface area contributed by atoms with E-state index in [-0.39, 0.29) is 11.7 Å². The van der Waals surface area contributed by atoms with Crippen LogP contribution in [0.25, 0.3) is 6.08 Å². The van der Waals surface area contributed by atoms with Gasteiger partial charge in [-0.25, -0.2) is 5.01 Å². The van der Waals surface area contributed by atoms with E-state index in [0.717, 1.165) is 22.5 Å². The molecule has 8 heteroatoms. The number of hydrogen-bond acceptors (Lipinski definition) is 7. The van der Waals surface area contributed by atoms with Crippen LogP contribution in [0.3, 0.4) is 0 Å². The Bertz CT molecular complexity index is 1520. The van der Waals surface area contributed by atoms with Crippen molar-refractivity contribution in [1.82, 2.24) is 0 Å². The molecule has 6 rings (SSSR count). The van der Waals surface area contributed by atoms with Crippen LogP contribution in [-0.2, 0) is 4.79 Å². The second-order valence-electron chi connectivity index (χ2n) is 8.51. The lowest BCUT2D eigenvalue weighted by Crippen LogP contribution is -2.51. The van der Waals surface area contributed by atoms with Crippen molar-refractivity contribution in [2.45, 2.75) is 11.3 Å². The molecule has 1 aromatic heterocycles. The Morgan fingerprint density at radius 3 is 2.16 bits per heavy atom. The number of para-hydroxylation sites is 2. The lowest BCUT2D eigenvalue weighted by atomic mass is 10.1. The predicted octanol–water partition coefficient (Wildman–Crippen LogP) is 7.24. The normalized spacial score (nSPS) is 20.2. The zero-order chi connectivity index (χ0) is 25.4. The van der Waals surface area contributed by atoms with Crippen LogP contribution in [-0.4, -0.2) is 21.1 Å². The summed E-state index contributed by atoms with van der Waals surface area (Å²) in [7, 11) is 0. The number of rotatable bonds is 5. The second-order valence-corrected chi connectivity index (χ2v) is 12.1. The van der Waals surface area contributed by atoms with Crippen molar-refractivity contribution >= 4 is 69.0 Å². The summed E-state index contributed by atoms with van der Waals surface area (Å²) in [4.78, 5) is 30.5. The maximum atomic E-state index is 14.1. The number of nitrogens with zero attached hydrogens (tertiary/aromatic N) is 3. The lowest BCUT2D eigenvalue weighted by molar-refractivity contribution is -0.114. The molecule has 1 fully saturated rings. The van der Waals surface area contributed by atoms with Gasteiger partial charge in [0, 0.05) is 5.69 Å². The van der Waals surface area contributed by atoms with Crippen molar-refractivity contribution in [2.75, 3.05) is 9.91 Å². The number of carbonyl (C=O) groups is 2. The molecule has 0 bridgehead atoms. The molecule has 37 heavy (non-hydrogen) atoms. The summed E-state index contributed by atoms with van der Waals surface area (Å²) in [6, 6.07) is 31.0. The van der Waals surface area contributed by atoms with Crippen LogP contribution in [0, 0.1) is 6.92 Å². The first kappa shape index (κ1) is 23.8. The minimum absolute atomic E-state index is 0.134. The van der Waals surface area contributed by atoms with Crippen LogP contribution in [0.5, 0.6) is 0 Å². The van der Waals surface area contributed by atoms with Gasteiger partial charge < -0.3 is 0 Å². The van der Waals surface area contributed by atoms with Crippen LogP contribution < -0.4 is 9.91 Å². The Morgan fingerprint density at radius 1 is 0.838 bits per heavy atom. The van der Waals surface area contributed by atoms with Crippen molar-refractivity contribution in [3.63, 3.8) is 0 Å². The first-order chi connectivity index (χ1) is 18.0. The van der Waals surface area contributed by atoms with Gasteiger partial charge in [-0.1, -0.05) is 84.1 Å². The minimum atomic E-state index is -1.04. The first-order valence-electron chi connectivity index (χ1n) is 11.6. The first-order valence-corrected chi connectivity index (χ1v) is 14.1. The van der Waals surface area contributed by atoms with Gasteiger partial charge in [0.15, 0.2) is 5.04 Å². The highest BCUT2D eigenvalue weighted by Crippen LogP contribution is 2.59. The molecule has 2 aliphatic heterocycles. The van der Waals surface area contributed by atoms with E-state index >= 15 is 0 Å². The van der Waals surface area contributed by atoms with Gasteiger partial charge >= 0.3 is 0 Å². The van der Waals surface area contributed by atoms with Crippen LogP contribution in [0.1, 0.15) is 20.8 Å². The molecule has 5 nitrogen and oxygen atoms in total. The highest BCUT2D eigenvalue weighted by Gasteiger charge is 2.60. The van der Waals surface area contributed by atoms with Gasteiger partial charge in [-0.2, -0.15) is 5.10 Å². The Labute approximate surface area is 227 Å². The maximum absolute atomic E-state index is 14.1. The number of thioether (sulfide) groups is 2. The number of aryl methyl sites for hydroxylation is 1. The largest absolute Gasteiger partial charge is 0.285 e. The molecule has 1 amide bonds. The summed E-state index contributed by atoms with van der Waals surface area (Å²) in [6.07, 6.45) is 1.92. The van der Waals surface area contributed by atoms with Crippen LogP contribution >= 0.6 is 34.9 Å².